The summed E-state index contributed by atoms with van der Waals surface area (Å²) in [6.45, 7) is 2.77. The maximum absolute atomic E-state index is 12.0. The van der Waals surface area contributed by atoms with Crippen LogP contribution in [0, 0.1) is 25.2 Å². The number of nitriles is 1. The van der Waals surface area contributed by atoms with E-state index in [1.54, 1.807) is 6.07 Å². The lowest BCUT2D eigenvalue weighted by Gasteiger charge is -2.13. The Bertz CT molecular complexity index is 421. The van der Waals surface area contributed by atoms with Gasteiger partial charge in [-0.05, 0) is 13.8 Å². The van der Waals surface area contributed by atoms with Crippen LogP contribution in [0.5, 0.6) is 5.75 Å². The smallest absolute Gasteiger partial charge is 0.404 e. The van der Waals surface area contributed by atoms with Gasteiger partial charge in [-0.1, -0.05) is 0 Å². The second-order valence-electron chi connectivity index (χ2n) is 2.87. The highest BCUT2D eigenvalue weighted by atomic mass is 19.4. The molecule has 1 heterocycles. The molecular weight excluding hydrogens is 209 g/mol. The summed E-state index contributed by atoms with van der Waals surface area (Å²) in [5.41, 5.74) is 0.311. The summed E-state index contributed by atoms with van der Waals surface area (Å²) in [6.07, 6.45) is -3.56. The second kappa shape index (κ2) is 3.77. The molecule has 0 N–H and O–H groups in total. The Morgan fingerprint density at radius 3 is 2.47 bits per heavy atom. The van der Waals surface area contributed by atoms with Crippen molar-refractivity contribution in [1.29, 1.82) is 5.26 Å². The van der Waals surface area contributed by atoms with E-state index in [-0.39, 0.29) is 16.8 Å². The summed E-state index contributed by atoms with van der Waals surface area (Å²) in [6, 6.07) is 1.74. The van der Waals surface area contributed by atoms with Gasteiger partial charge in [0.1, 0.15) is 6.07 Å². The molecule has 0 bridgehead atoms. The van der Waals surface area contributed by atoms with Gasteiger partial charge in [0.25, 0.3) is 0 Å². The van der Waals surface area contributed by atoms with Crippen LogP contribution in [0.15, 0.2) is 6.20 Å². The number of pyridine rings is 1. The van der Waals surface area contributed by atoms with Crippen molar-refractivity contribution in [2.24, 2.45) is 0 Å². The molecule has 0 amide bonds. The molecular formula is C9H7F3N2O. The zero-order valence-electron chi connectivity index (χ0n) is 8.01. The molecule has 0 spiro atoms. The van der Waals surface area contributed by atoms with Gasteiger partial charge in [-0.2, -0.15) is 5.26 Å². The third-order valence-electron chi connectivity index (χ3n) is 1.80. The Balaban J connectivity index is 3.23. The molecule has 0 aliphatic heterocycles. The van der Waals surface area contributed by atoms with Crippen LogP contribution >= 0.6 is 0 Å². The van der Waals surface area contributed by atoms with Gasteiger partial charge in [-0.15, -0.1) is 13.2 Å². The summed E-state index contributed by atoms with van der Waals surface area (Å²) in [7, 11) is 0. The molecule has 0 saturated carbocycles. The quantitative estimate of drug-likeness (QED) is 0.724. The van der Waals surface area contributed by atoms with Gasteiger partial charge in [-0.25, -0.2) is 0 Å². The van der Waals surface area contributed by atoms with Crippen LogP contribution < -0.4 is 4.74 Å². The largest absolute Gasteiger partial charge is 0.573 e. The highest BCUT2D eigenvalue weighted by Crippen LogP contribution is 2.29. The van der Waals surface area contributed by atoms with Crippen molar-refractivity contribution in [1.82, 2.24) is 4.98 Å². The number of alkyl halides is 3. The minimum absolute atomic E-state index is 0.0693. The van der Waals surface area contributed by atoms with E-state index in [0.29, 0.717) is 0 Å². The molecule has 0 aliphatic rings. The monoisotopic (exact) mass is 216 g/mol. The van der Waals surface area contributed by atoms with Crippen LogP contribution in [-0.4, -0.2) is 11.3 Å². The molecule has 0 fully saturated rings. The predicted molar refractivity (Wildman–Crippen MR) is 45.1 cm³/mol. The van der Waals surface area contributed by atoms with E-state index < -0.39 is 12.1 Å². The van der Waals surface area contributed by atoms with Crippen molar-refractivity contribution in [3.05, 3.63) is 23.0 Å². The first kappa shape index (κ1) is 11.3. The van der Waals surface area contributed by atoms with E-state index in [2.05, 4.69) is 9.72 Å². The Hall–Kier alpha value is -1.77. The van der Waals surface area contributed by atoms with Crippen LogP contribution in [0.25, 0.3) is 0 Å². The van der Waals surface area contributed by atoms with Crippen molar-refractivity contribution >= 4 is 0 Å². The van der Waals surface area contributed by atoms with Crippen LogP contribution in [0.3, 0.4) is 0 Å². The van der Waals surface area contributed by atoms with E-state index in [1.165, 1.54) is 20.0 Å². The number of nitrogens with zero attached hydrogens (tertiary/aromatic N) is 2. The van der Waals surface area contributed by atoms with Crippen molar-refractivity contribution < 1.29 is 17.9 Å². The maximum atomic E-state index is 12.0. The molecule has 0 aliphatic carbocycles. The molecule has 0 unspecified atom stereocenters. The lowest BCUT2D eigenvalue weighted by atomic mass is 10.1. The third-order valence-corrected chi connectivity index (χ3v) is 1.80. The highest BCUT2D eigenvalue weighted by Gasteiger charge is 2.33. The van der Waals surface area contributed by atoms with Gasteiger partial charge in [0.05, 0.1) is 11.3 Å². The van der Waals surface area contributed by atoms with E-state index in [0.717, 1.165) is 0 Å². The minimum atomic E-state index is -4.77. The van der Waals surface area contributed by atoms with Crippen molar-refractivity contribution in [2.75, 3.05) is 0 Å². The van der Waals surface area contributed by atoms with Crippen LogP contribution in [0.4, 0.5) is 13.2 Å². The average Bonchev–Trinajstić information content (AvgIpc) is 2.11. The zero-order valence-corrected chi connectivity index (χ0v) is 8.01. The number of rotatable bonds is 1. The lowest BCUT2D eigenvalue weighted by molar-refractivity contribution is -0.275. The van der Waals surface area contributed by atoms with Crippen LogP contribution in [0.1, 0.15) is 16.8 Å². The van der Waals surface area contributed by atoms with Crippen molar-refractivity contribution in [2.45, 2.75) is 20.2 Å². The number of aryl methyl sites for hydroxylation is 1. The highest BCUT2D eigenvalue weighted by molar-refractivity contribution is 5.46. The van der Waals surface area contributed by atoms with Gasteiger partial charge in [0.2, 0.25) is 0 Å². The van der Waals surface area contributed by atoms with E-state index in [1.807, 2.05) is 0 Å². The Morgan fingerprint density at radius 1 is 1.40 bits per heavy atom. The molecule has 0 atom stereocenters. The lowest BCUT2D eigenvalue weighted by Crippen LogP contribution is -2.19. The number of hydrogen-bond donors (Lipinski definition) is 0. The van der Waals surface area contributed by atoms with Gasteiger partial charge in [-0.3, -0.25) is 4.98 Å². The first-order valence-electron chi connectivity index (χ1n) is 3.97. The third kappa shape index (κ3) is 2.59. The van der Waals surface area contributed by atoms with Gasteiger partial charge < -0.3 is 4.74 Å². The fraction of sp³-hybridized carbons (Fsp3) is 0.333. The summed E-state index contributed by atoms with van der Waals surface area (Å²) in [5.74, 6) is -0.401. The van der Waals surface area contributed by atoms with E-state index in [9.17, 15) is 13.2 Å². The second-order valence-corrected chi connectivity index (χ2v) is 2.87. The molecule has 0 saturated heterocycles. The fourth-order valence-corrected chi connectivity index (χ4v) is 1.09. The number of halogens is 3. The molecule has 1 aromatic rings. The Morgan fingerprint density at radius 2 is 2.00 bits per heavy atom. The van der Waals surface area contributed by atoms with Gasteiger partial charge in [0, 0.05) is 11.8 Å². The molecule has 3 nitrogen and oxygen atoms in total. The van der Waals surface area contributed by atoms with Crippen LogP contribution in [0.2, 0.25) is 0 Å². The molecule has 6 heteroatoms. The molecule has 1 aromatic heterocycles. The number of hydrogen-bond acceptors (Lipinski definition) is 3. The fourth-order valence-electron chi connectivity index (χ4n) is 1.09. The molecule has 15 heavy (non-hydrogen) atoms. The normalized spacial score (nSPS) is 10.9. The topological polar surface area (TPSA) is 45.9 Å². The molecule has 0 aromatic carbocycles. The van der Waals surface area contributed by atoms with Gasteiger partial charge >= 0.3 is 6.36 Å². The summed E-state index contributed by atoms with van der Waals surface area (Å²) in [5, 5.41) is 8.61. The molecule has 80 valence electrons. The minimum Gasteiger partial charge on any atom is -0.404 e. The maximum Gasteiger partial charge on any atom is 0.573 e. The summed E-state index contributed by atoms with van der Waals surface area (Å²) >= 11 is 0. The number of aromatic nitrogens is 1. The standard InChI is InChI=1S/C9H7F3N2O/c1-5-7(3-13)4-14-6(2)8(5)15-9(10,11)12/h4H,1-2H3. The zero-order chi connectivity index (χ0) is 11.6. The first-order chi connectivity index (χ1) is 6.85. The molecule has 1 rings (SSSR count). The van der Waals surface area contributed by atoms with E-state index in [4.69, 9.17) is 5.26 Å². The molecule has 0 radical (unpaired) electrons. The van der Waals surface area contributed by atoms with Crippen molar-refractivity contribution in [3.8, 4) is 11.8 Å². The van der Waals surface area contributed by atoms with Crippen LogP contribution in [-0.2, 0) is 0 Å². The summed E-state index contributed by atoms with van der Waals surface area (Å²) in [4.78, 5) is 3.65. The number of ether oxygens (including phenoxy) is 1. The average molecular weight is 216 g/mol. The predicted octanol–water partition coefficient (Wildman–Crippen LogP) is 2.47. The summed E-state index contributed by atoms with van der Waals surface area (Å²) < 4.78 is 39.8. The first-order valence-corrected chi connectivity index (χ1v) is 3.97. The van der Waals surface area contributed by atoms with Gasteiger partial charge in [0.15, 0.2) is 5.75 Å². The van der Waals surface area contributed by atoms with Crippen molar-refractivity contribution in [3.63, 3.8) is 0 Å². The Kier molecular flexibility index (Phi) is 2.84. The van der Waals surface area contributed by atoms with E-state index >= 15 is 0 Å². The Labute approximate surface area is 84.1 Å². The SMILES string of the molecule is Cc1ncc(C#N)c(C)c1OC(F)(F)F.